The maximum atomic E-state index is 12.9. The van der Waals surface area contributed by atoms with Crippen molar-refractivity contribution in [2.24, 2.45) is 5.10 Å². The minimum absolute atomic E-state index is 0.183. The Morgan fingerprint density at radius 3 is 2.33 bits per heavy atom. The molecular weight excluding hydrogens is 544 g/mol. The number of hydrogen-bond donors (Lipinski definition) is 3. The van der Waals surface area contributed by atoms with Crippen LogP contribution in [0.5, 0.6) is 5.75 Å². The molecule has 0 saturated carbocycles. The van der Waals surface area contributed by atoms with Crippen molar-refractivity contribution in [3.05, 3.63) is 126 Å². The average Bonchev–Trinajstić information content (AvgIpc) is 3.46. The van der Waals surface area contributed by atoms with Gasteiger partial charge >= 0.3 is 11.8 Å². The van der Waals surface area contributed by atoms with E-state index in [4.69, 9.17) is 9.84 Å². The molecule has 0 aliphatic rings. The third-order valence-corrected chi connectivity index (χ3v) is 6.40. The molecule has 0 fully saturated rings. The first kappa shape index (κ1) is 28.5. The predicted octanol–water partition coefficient (Wildman–Crippen LogP) is 5.20. The number of rotatable bonds is 8. The van der Waals surface area contributed by atoms with E-state index in [0.717, 1.165) is 16.8 Å². The summed E-state index contributed by atoms with van der Waals surface area (Å²) in [6.07, 6.45) is 3.19. The minimum atomic E-state index is -1.01. The first-order chi connectivity index (χ1) is 20.9. The lowest BCUT2D eigenvalue weighted by atomic mass is 10.1. The number of amides is 3. The first-order valence-corrected chi connectivity index (χ1v) is 13.3. The van der Waals surface area contributed by atoms with Gasteiger partial charge in [0.05, 0.1) is 30.3 Å². The number of hydrogen-bond acceptors (Lipinski definition) is 6. The van der Waals surface area contributed by atoms with Gasteiger partial charge in [-0.05, 0) is 73.2 Å². The molecule has 10 nitrogen and oxygen atoms in total. The highest BCUT2D eigenvalue weighted by Gasteiger charge is 2.18. The second kappa shape index (κ2) is 13.1. The van der Waals surface area contributed by atoms with Gasteiger partial charge in [0.15, 0.2) is 0 Å². The molecule has 0 unspecified atom stereocenters. The molecule has 0 atom stereocenters. The van der Waals surface area contributed by atoms with Gasteiger partial charge in [-0.15, -0.1) is 0 Å². The summed E-state index contributed by atoms with van der Waals surface area (Å²) in [6.45, 7) is 1.92. The van der Waals surface area contributed by atoms with Gasteiger partial charge in [-0.25, -0.2) is 10.1 Å². The summed E-state index contributed by atoms with van der Waals surface area (Å²) in [5.41, 5.74) is 7.10. The molecule has 10 heteroatoms. The number of carbonyl (C=O) groups is 3. The van der Waals surface area contributed by atoms with Crippen LogP contribution in [-0.2, 0) is 9.59 Å². The zero-order chi connectivity index (χ0) is 30.2. The van der Waals surface area contributed by atoms with E-state index in [9.17, 15) is 14.4 Å². The van der Waals surface area contributed by atoms with Gasteiger partial charge in [-0.2, -0.15) is 10.2 Å². The van der Waals surface area contributed by atoms with Crippen molar-refractivity contribution in [1.82, 2.24) is 15.2 Å². The minimum Gasteiger partial charge on any atom is -0.497 e. The molecule has 0 bridgehead atoms. The Labute approximate surface area is 248 Å². The summed E-state index contributed by atoms with van der Waals surface area (Å²) in [6, 6.07) is 30.7. The first-order valence-electron chi connectivity index (χ1n) is 13.3. The molecular formula is C33H28N6O4. The zero-order valence-electron chi connectivity index (χ0n) is 23.4. The normalized spacial score (nSPS) is 10.7. The Hall–Kier alpha value is -6.03. The number of anilines is 2. The summed E-state index contributed by atoms with van der Waals surface area (Å²) in [4.78, 5) is 38.3. The average molecular weight is 573 g/mol. The molecule has 0 radical (unpaired) electrons. The molecule has 1 aromatic heterocycles. The number of benzene rings is 4. The molecule has 3 N–H and O–H groups in total. The van der Waals surface area contributed by atoms with E-state index in [2.05, 4.69) is 21.2 Å². The van der Waals surface area contributed by atoms with Crippen molar-refractivity contribution in [1.29, 1.82) is 0 Å². The van der Waals surface area contributed by atoms with Crippen molar-refractivity contribution in [3.63, 3.8) is 0 Å². The van der Waals surface area contributed by atoms with Crippen molar-refractivity contribution in [2.45, 2.75) is 6.92 Å². The molecule has 4 aromatic carbocycles. The molecule has 0 saturated heterocycles. The van der Waals surface area contributed by atoms with E-state index >= 15 is 0 Å². The Morgan fingerprint density at radius 1 is 0.837 bits per heavy atom. The largest absolute Gasteiger partial charge is 0.497 e. The van der Waals surface area contributed by atoms with Crippen molar-refractivity contribution in [2.75, 3.05) is 17.7 Å². The van der Waals surface area contributed by atoms with Gasteiger partial charge in [0.25, 0.3) is 5.91 Å². The highest BCUT2D eigenvalue weighted by atomic mass is 16.5. The highest BCUT2D eigenvalue weighted by molar-refractivity contribution is 6.40. The maximum absolute atomic E-state index is 12.9. The Bertz CT molecular complexity index is 1800. The van der Waals surface area contributed by atoms with E-state index in [0.29, 0.717) is 22.7 Å². The summed E-state index contributed by atoms with van der Waals surface area (Å²) in [5.74, 6) is -1.72. The van der Waals surface area contributed by atoms with Gasteiger partial charge < -0.3 is 15.4 Å². The van der Waals surface area contributed by atoms with Crippen molar-refractivity contribution < 1.29 is 19.1 Å². The lowest BCUT2D eigenvalue weighted by molar-refractivity contribution is -0.136. The van der Waals surface area contributed by atoms with E-state index < -0.39 is 17.7 Å². The fourth-order valence-corrected chi connectivity index (χ4v) is 4.27. The third kappa shape index (κ3) is 7.01. The van der Waals surface area contributed by atoms with Crippen LogP contribution in [0.3, 0.4) is 0 Å². The number of methoxy groups -OCH3 is 1. The van der Waals surface area contributed by atoms with Crippen LogP contribution in [0.2, 0.25) is 0 Å². The van der Waals surface area contributed by atoms with E-state index in [1.54, 1.807) is 48.3 Å². The second-order valence-electron chi connectivity index (χ2n) is 9.46. The SMILES string of the molecule is COc1ccc(-c2nn(-c3ccccc3)cc2/C=N\NC(=O)C(=O)Nc2ccccc2C(=O)Nc2cccc(C)c2)cc1. The van der Waals surface area contributed by atoms with Crippen LogP contribution < -0.4 is 20.8 Å². The summed E-state index contributed by atoms with van der Waals surface area (Å²) < 4.78 is 6.96. The number of aromatic nitrogens is 2. The van der Waals surface area contributed by atoms with E-state index in [1.807, 2.05) is 79.7 Å². The number of hydrazone groups is 1. The number of nitrogens with one attached hydrogen (secondary N) is 3. The van der Waals surface area contributed by atoms with Gasteiger partial charge in [0.2, 0.25) is 0 Å². The van der Waals surface area contributed by atoms with E-state index in [-0.39, 0.29) is 11.3 Å². The number of nitrogens with zero attached hydrogens (tertiary/aromatic N) is 3. The third-order valence-electron chi connectivity index (χ3n) is 6.40. The molecule has 43 heavy (non-hydrogen) atoms. The van der Waals surface area contributed by atoms with Gasteiger partial charge in [0.1, 0.15) is 11.4 Å². The molecule has 5 rings (SSSR count). The summed E-state index contributed by atoms with van der Waals surface area (Å²) in [5, 5.41) is 14.0. The van der Waals surface area contributed by atoms with Crippen LogP contribution in [0.15, 0.2) is 114 Å². The maximum Gasteiger partial charge on any atom is 0.329 e. The Kier molecular flexibility index (Phi) is 8.67. The number of aryl methyl sites for hydroxylation is 1. The quantitative estimate of drug-likeness (QED) is 0.134. The van der Waals surface area contributed by atoms with Crippen LogP contribution in [0.25, 0.3) is 16.9 Å². The highest BCUT2D eigenvalue weighted by Crippen LogP contribution is 2.25. The zero-order valence-corrected chi connectivity index (χ0v) is 23.4. The summed E-state index contributed by atoms with van der Waals surface area (Å²) >= 11 is 0. The smallest absolute Gasteiger partial charge is 0.329 e. The lowest BCUT2D eigenvalue weighted by Crippen LogP contribution is -2.33. The Balaban J connectivity index is 1.30. The molecule has 5 aromatic rings. The molecule has 0 aliphatic heterocycles. The fourth-order valence-electron chi connectivity index (χ4n) is 4.27. The molecule has 214 valence electrons. The van der Waals surface area contributed by atoms with Gasteiger partial charge in [-0.1, -0.05) is 42.5 Å². The molecule has 0 spiro atoms. The standard InChI is InChI=1S/C33H28N6O4/c1-22-9-8-10-25(19-22)35-31(40)28-13-6-7-14-29(28)36-32(41)33(42)37-34-20-24-21-39(26-11-4-3-5-12-26)38-30(24)23-15-17-27(43-2)18-16-23/h3-21H,1-2H3,(H,35,40)(H,36,41)(H,37,42)/b34-20-. The monoisotopic (exact) mass is 572 g/mol. The van der Waals surface area contributed by atoms with Crippen LogP contribution in [0, 0.1) is 6.92 Å². The van der Waals surface area contributed by atoms with Crippen LogP contribution in [0.1, 0.15) is 21.5 Å². The predicted molar refractivity (Wildman–Crippen MR) is 165 cm³/mol. The molecule has 3 amide bonds. The lowest BCUT2D eigenvalue weighted by Gasteiger charge is -2.11. The fraction of sp³-hybridized carbons (Fsp3) is 0.0606. The van der Waals surface area contributed by atoms with Crippen LogP contribution in [-0.4, -0.2) is 40.8 Å². The molecule has 0 aliphatic carbocycles. The van der Waals surface area contributed by atoms with E-state index in [1.165, 1.54) is 6.21 Å². The van der Waals surface area contributed by atoms with Gasteiger partial charge in [0, 0.05) is 23.0 Å². The number of ether oxygens (including phenoxy) is 1. The number of carbonyl (C=O) groups excluding carboxylic acids is 3. The van der Waals surface area contributed by atoms with Crippen molar-refractivity contribution >= 4 is 35.3 Å². The second-order valence-corrected chi connectivity index (χ2v) is 9.46. The Morgan fingerprint density at radius 2 is 1.58 bits per heavy atom. The number of para-hydroxylation sites is 2. The van der Waals surface area contributed by atoms with Crippen LogP contribution >= 0.6 is 0 Å². The van der Waals surface area contributed by atoms with Gasteiger partial charge in [-0.3, -0.25) is 14.4 Å². The molecule has 1 heterocycles. The van der Waals surface area contributed by atoms with Crippen LogP contribution in [0.4, 0.5) is 11.4 Å². The topological polar surface area (TPSA) is 127 Å². The van der Waals surface area contributed by atoms with Crippen molar-refractivity contribution in [3.8, 4) is 22.7 Å². The summed E-state index contributed by atoms with van der Waals surface area (Å²) in [7, 11) is 1.59.